The van der Waals surface area contributed by atoms with Crippen LogP contribution < -0.4 is 11.1 Å². The van der Waals surface area contributed by atoms with Crippen molar-refractivity contribution in [2.24, 2.45) is 5.73 Å². The Hall–Kier alpha value is -2.02. The van der Waals surface area contributed by atoms with Crippen LogP contribution in [0, 0.1) is 0 Å². The van der Waals surface area contributed by atoms with Gasteiger partial charge in [-0.3, -0.25) is 9.59 Å². The molecule has 1 heterocycles. The number of hydrogen-bond donors (Lipinski definition) is 3. The van der Waals surface area contributed by atoms with E-state index in [9.17, 15) is 14.4 Å². The number of carboxylic acids is 1. The highest BCUT2D eigenvalue weighted by atomic mass is 35.5. The highest BCUT2D eigenvalue weighted by molar-refractivity contribution is 6.29. The van der Waals surface area contributed by atoms with Crippen LogP contribution in [0.5, 0.6) is 0 Å². The normalized spacial score (nSPS) is 11.8. The van der Waals surface area contributed by atoms with Crippen LogP contribution in [-0.2, 0) is 9.59 Å². The first-order chi connectivity index (χ1) is 7.90. The Morgan fingerprint density at radius 3 is 2.53 bits per heavy atom. The summed E-state index contributed by atoms with van der Waals surface area (Å²) >= 11 is 5.45. The van der Waals surface area contributed by atoms with Gasteiger partial charge >= 0.3 is 5.97 Å². The van der Waals surface area contributed by atoms with Crippen LogP contribution in [0.25, 0.3) is 0 Å². The standard InChI is InChI=1S/C9H9ClN2O5/c10-6-2-1-5(17-6)8(14)12-4(9(15)16)3-7(11)13/h1-2,4H,3H2,(H2,11,13)(H,12,14)(H,15,16)/t4-/m0/s1. The fourth-order valence-electron chi connectivity index (χ4n) is 1.07. The predicted octanol–water partition coefficient (Wildman–Crippen LogP) is -0.00860. The second-order valence-corrected chi connectivity index (χ2v) is 3.51. The molecule has 1 rings (SSSR count). The molecular weight excluding hydrogens is 252 g/mol. The van der Waals surface area contributed by atoms with E-state index in [0.29, 0.717) is 0 Å². The lowest BCUT2D eigenvalue weighted by molar-refractivity contribution is -0.140. The van der Waals surface area contributed by atoms with Gasteiger partial charge in [-0.1, -0.05) is 0 Å². The number of nitrogens with one attached hydrogen (secondary N) is 1. The summed E-state index contributed by atoms with van der Waals surface area (Å²) in [7, 11) is 0. The van der Waals surface area contributed by atoms with Crippen LogP contribution in [0.3, 0.4) is 0 Å². The maximum absolute atomic E-state index is 11.5. The molecule has 0 aliphatic carbocycles. The van der Waals surface area contributed by atoms with Crippen LogP contribution in [-0.4, -0.2) is 28.9 Å². The van der Waals surface area contributed by atoms with Crippen molar-refractivity contribution in [3.63, 3.8) is 0 Å². The average Bonchev–Trinajstić information content (AvgIpc) is 2.63. The number of primary amides is 1. The lowest BCUT2D eigenvalue weighted by atomic mass is 10.2. The van der Waals surface area contributed by atoms with E-state index < -0.39 is 30.2 Å². The van der Waals surface area contributed by atoms with Gasteiger partial charge in [0.05, 0.1) is 6.42 Å². The molecular formula is C9H9ClN2O5. The Kier molecular flexibility index (Phi) is 4.11. The molecule has 0 aliphatic rings. The zero-order valence-electron chi connectivity index (χ0n) is 8.47. The summed E-state index contributed by atoms with van der Waals surface area (Å²) in [6.45, 7) is 0. The molecule has 0 aromatic carbocycles. The SMILES string of the molecule is NC(=O)C[C@H](NC(=O)c1ccc(Cl)o1)C(=O)O. The van der Waals surface area contributed by atoms with Gasteiger partial charge in [0, 0.05) is 0 Å². The van der Waals surface area contributed by atoms with Gasteiger partial charge in [0.15, 0.2) is 11.0 Å². The van der Waals surface area contributed by atoms with E-state index in [1.54, 1.807) is 0 Å². The number of carbonyl (C=O) groups is 3. The molecule has 2 amide bonds. The molecule has 17 heavy (non-hydrogen) atoms. The van der Waals surface area contributed by atoms with Gasteiger partial charge in [0.25, 0.3) is 5.91 Å². The maximum atomic E-state index is 11.5. The molecule has 4 N–H and O–H groups in total. The number of hydrogen-bond acceptors (Lipinski definition) is 4. The minimum Gasteiger partial charge on any atom is -0.480 e. The van der Waals surface area contributed by atoms with Crippen LogP contribution in [0.4, 0.5) is 0 Å². The van der Waals surface area contributed by atoms with Gasteiger partial charge < -0.3 is 20.6 Å². The van der Waals surface area contributed by atoms with Crippen LogP contribution in [0.1, 0.15) is 17.0 Å². The van der Waals surface area contributed by atoms with Crippen LogP contribution >= 0.6 is 11.6 Å². The third kappa shape index (κ3) is 3.80. The number of carboxylic acid groups (broad SMARTS) is 1. The maximum Gasteiger partial charge on any atom is 0.326 e. The van der Waals surface area contributed by atoms with E-state index in [1.807, 2.05) is 0 Å². The first-order valence-corrected chi connectivity index (χ1v) is 4.85. The lowest BCUT2D eigenvalue weighted by Crippen LogP contribution is -2.43. The minimum atomic E-state index is -1.40. The summed E-state index contributed by atoms with van der Waals surface area (Å²) in [4.78, 5) is 32.8. The number of carbonyl (C=O) groups excluding carboxylic acids is 2. The molecule has 92 valence electrons. The first-order valence-electron chi connectivity index (χ1n) is 4.47. The van der Waals surface area contributed by atoms with Crippen molar-refractivity contribution in [3.05, 3.63) is 23.1 Å². The zero-order valence-corrected chi connectivity index (χ0v) is 9.23. The van der Waals surface area contributed by atoms with Crippen molar-refractivity contribution in [1.82, 2.24) is 5.32 Å². The predicted molar refractivity (Wildman–Crippen MR) is 56.4 cm³/mol. The molecule has 8 heteroatoms. The van der Waals surface area contributed by atoms with Gasteiger partial charge in [0.1, 0.15) is 6.04 Å². The number of aliphatic carboxylic acids is 1. The van der Waals surface area contributed by atoms with Crippen molar-refractivity contribution in [1.29, 1.82) is 0 Å². The summed E-state index contributed by atoms with van der Waals surface area (Å²) in [5.74, 6) is -3.14. The number of rotatable bonds is 5. The van der Waals surface area contributed by atoms with E-state index in [0.717, 1.165) is 0 Å². The minimum absolute atomic E-state index is 0.00285. The lowest BCUT2D eigenvalue weighted by Gasteiger charge is -2.11. The highest BCUT2D eigenvalue weighted by Crippen LogP contribution is 2.13. The second kappa shape index (κ2) is 5.35. The Balaban J connectivity index is 2.70. The second-order valence-electron chi connectivity index (χ2n) is 3.14. The Labute approximate surface area is 101 Å². The number of nitrogens with two attached hydrogens (primary N) is 1. The van der Waals surface area contributed by atoms with Gasteiger partial charge in [-0.2, -0.15) is 0 Å². The molecule has 0 radical (unpaired) electrons. The first kappa shape index (κ1) is 13.0. The molecule has 0 saturated heterocycles. The molecule has 1 aromatic rings. The van der Waals surface area contributed by atoms with Gasteiger partial charge in [0.2, 0.25) is 5.91 Å². The average molecular weight is 261 g/mol. The van der Waals surface area contributed by atoms with E-state index in [1.165, 1.54) is 12.1 Å². The quantitative estimate of drug-likeness (QED) is 0.687. The largest absolute Gasteiger partial charge is 0.480 e. The molecule has 0 aliphatic heterocycles. The molecule has 7 nitrogen and oxygen atoms in total. The van der Waals surface area contributed by atoms with Crippen LogP contribution in [0.15, 0.2) is 16.5 Å². The molecule has 0 spiro atoms. The fraction of sp³-hybridized carbons (Fsp3) is 0.222. The summed E-state index contributed by atoms with van der Waals surface area (Å²) in [6, 6.07) is 1.21. The number of halogens is 1. The van der Waals surface area contributed by atoms with Crippen molar-refractivity contribution in [2.75, 3.05) is 0 Å². The monoisotopic (exact) mass is 260 g/mol. The summed E-state index contributed by atoms with van der Waals surface area (Å²) in [5, 5.41) is 10.8. The molecule has 1 aromatic heterocycles. The molecule has 1 atom stereocenters. The summed E-state index contributed by atoms with van der Waals surface area (Å²) < 4.78 is 4.78. The van der Waals surface area contributed by atoms with Crippen molar-refractivity contribution < 1.29 is 23.9 Å². The topological polar surface area (TPSA) is 123 Å². The third-order valence-corrected chi connectivity index (χ3v) is 2.01. The smallest absolute Gasteiger partial charge is 0.326 e. The zero-order chi connectivity index (χ0) is 13.0. The van der Waals surface area contributed by atoms with E-state index in [4.69, 9.17) is 26.9 Å². The van der Waals surface area contributed by atoms with Crippen molar-refractivity contribution in [3.8, 4) is 0 Å². The Morgan fingerprint density at radius 2 is 2.12 bits per heavy atom. The van der Waals surface area contributed by atoms with Crippen LogP contribution in [0.2, 0.25) is 5.22 Å². The van der Waals surface area contributed by atoms with Gasteiger partial charge in [-0.25, -0.2) is 4.79 Å². The third-order valence-electron chi connectivity index (χ3n) is 1.81. The van der Waals surface area contributed by atoms with Crippen molar-refractivity contribution >= 4 is 29.4 Å². The van der Waals surface area contributed by atoms with E-state index in [-0.39, 0.29) is 11.0 Å². The summed E-state index contributed by atoms with van der Waals surface area (Å²) in [6.07, 6.45) is -0.504. The highest BCUT2D eigenvalue weighted by Gasteiger charge is 2.23. The molecule has 0 bridgehead atoms. The van der Waals surface area contributed by atoms with Gasteiger partial charge in [-0.05, 0) is 23.7 Å². The fourth-order valence-corrected chi connectivity index (χ4v) is 1.21. The van der Waals surface area contributed by atoms with Gasteiger partial charge in [-0.15, -0.1) is 0 Å². The summed E-state index contributed by atoms with van der Waals surface area (Å²) in [5.41, 5.74) is 4.85. The molecule has 0 unspecified atom stereocenters. The molecule has 0 saturated carbocycles. The Morgan fingerprint density at radius 1 is 1.47 bits per heavy atom. The number of amides is 2. The number of furan rings is 1. The van der Waals surface area contributed by atoms with E-state index >= 15 is 0 Å². The molecule has 0 fully saturated rings. The van der Waals surface area contributed by atoms with E-state index in [2.05, 4.69) is 5.32 Å². The Bertz CT molecular complexity index is 456. The van der Waals surface area contributed by atoms with Crippen molar-refractivity contribution in [2.45, 2.75) is 12.5 Å².